The molecule has 0 radical (unpaired) electrons. The number of hydroxylamine groups is 2. The summed E-state index contributed by atoms with van der Waals surface area (Å²) in [5, 5.41) is 1.93. The van der Waals surface area contributed by atoms with Gasteiger partial charge in [-0.05, 0) is 34.6 Å². The third-order valence-electron chi connectivity index (χ3n) is 1.63. The first kappa shape index (κ1) is 9.30. The van der Waals surface area contributed by atoms with E-state index >= 15 is 0 Å². The third-order valence-corrected chi connectivity index (χ3v) is 1.82. The van der Waals surface area contributed by atoms with Gasteiger partial charge in [0.15, 0.2) is 6.23 Å². The fourth-order valence-electron chi connectivity index (χ4n) is 0.994. The van der Waals surface area contributed by atoms with Crippen molar-refractivity contribution >= 4 is 11.6 Å². The number of nitrogens with zero attached hydrogens (tertiary/aromatic N) is 1. The Hall–Kier alpha value is 0.210. The Balaban J connectivity index is 2.51. The highest BCUT2D eigenvalue weighted by molar-refractivity contribution is 6.23. The maximum Gasteiger partial charge on any atom is 0.173 e. The van der Waals surface area contributed by atoms with E-state index in [0.29, 0.717) is 0 Å². The first-order valence-electron chi connectivity index (χ1n) is 3.88. The van der Waals surface area contributed by atoms with Crippen molar-refractivity contribution in [3.63, 3.8) is 0 Å². The molecular weight excluding hydrogens is 162 g/mol. The van der Waals surface area contributed by atoms with Gasteiger partial charge in [0.25, 0.3) is 0 Å². The molecule has 1 aliphatic rings. The van der Waals surface area contributed by atoms with Gasteiger partial charge in [0.1, 0.15) is 0 Å². The summed E-state index contributed by atoms with van der Waals surface area (Å²) in [4.78, 5) is 5.06. The van der Waals surface area contributed by atoms with Crippen molar-refractivity contribution in [1.29, 1.82) is 0 Å². The summed E-state index contributed by atoms with van der Waals surface area (Å²) in [5.41, 5.74) is 0.0663. The lowest BCUT2D eigenvalue weighted by Crippen LogP contribution is -2.33. The number of hydrogen-bond acceptors (Lipinski definition) is 2. The molecule has 0 bridgehead atoms. The Morgan fingerprint density at radius 1 is 1.18 bits per heavy atom. The van der Waals surface area contributed by atoms with E-state index in [2.05, 4.69) is 20.8 Å². The number of rotatable bonds is 1. The predicted octanol–water partition coefficient (Wildman–Crippen LogP) is 2.38. The minimum atomic E-state index is -0.284. The van der Waals surface area contributed by atoms with Crippen molar-refractivity contribution in [1.82, 2.24) is 5.06 Å². The van der Waals surface area contributed by atoms with Crippen LogP contribution < -0.4 is 0 Å². The van der Waals surface area contributed by atoms with Gasteiger partial charge in [0.2, 0.25) is 0 Å². The van der Waals surface area contributed by atoms with E-state index in [-0.39, 0.29) is 16.6 Å². The second-order valence-electron chi connectivity index (χ2n) is 4.52. The van der Waals surface area contributed by atoms with Crippen molar-refractivity contribution in [2.45, 2.75) is 51.3 Å². The molecule has 2 nitrogen and oxygen atoms in total. The van der Waals surface area contributed by atoms with Gasteiger partial charge >= 0.3 is 0 Å². The van der Waals surface area contributed by atoms with Crippen LogP contribution >= 0.6 is 11.6 Å². The highest BCUT2D eigenvalue weighted by atomic mass is 35.5. The summed E-state index contributed by atoms with van der Waals surface area (Å²) in [6.45, 7) is 10.2. The normalized spacial score (nSPS) is 32.2. The van der Waals surface area contributed by atoms with E-state index < -0.39 is 0 Å². The molecule has 2 atom stereocenters. The Morgan fingerprint density at radius 3 is 1.73 bits per heavy atom. The van der Waals surface area contributed by atoms with E-state index in [4.69, 9.17) is 16.4 Å². The Kier molecular flexibility index (Phi) is 1.98. The fourth-order valence-corrected chi connectivity index (χ4v) is 1.12. The average molecular weight is 178 g/mol. The molecule has 1 heterocycles. The molecule has 0 amide bonds. The van der Waals surface area contributed by atoms with Gasteiger partial charge in [-0.1, -0.05) is 0 Å². The molecule has 0 aliphatic carbocycles. The molecule has 0 spiro atoms. The summed E-state index contributed by atoms with van der Waals surface area (Å²) in [6, 6.07) is 0. The zero-order chi connectivity index (χ0) is 8.86. The van der Waals surface area contributed by atoms with Crippen LogP contribution in [0.15, 0.2) is 0 Å². The summed E-state index contributed by atoms with van der Waals surface area (Å²) in [6.07, 6.45) is 0.0733. The molecule has 0 saturated carbocycles. The zero-order valence-corrected chi connectivity index (χ0v) is 8.57. The number of halogens is 1. The first-order chi connectivity index (χ1) is 4.73. The maximum atomic E-state index is 6.06. The average Bonchev–Trinajstić information content (AvgIpc) is 2.30. The van der Waals surface area contributed by atoms with Gasteiger partial charge in [0.05, 0.1) is 4.87 Å². The van der Waals surface area contributed by atoms with Crippen LogP contribution in [0.2, 0.25) is 0 Å². The fraction of sp³-hybridized carbons (Fsp3) is 1.00. The summed E-state index contributed by atoms with van der Waals surface area (Å²) in [5.74, 6) is 0. The molecule has 0 aromatic carbocycles. The van der Waals surface area contributed by atoms with Gasteiger partial charge in [0, 0.05) is 5.54 Å². The minimum absolute atomic E-state index is 0.0663. The molecule has 0 aromatic heterocycles. The summed E-state index contributed by atoms with van der Waals surface area (Å²) < 4.78 is 0. The van der Waals surface area contributed by atoms with Crippen molar-refractivity contribution in [2.24, 2.45) is 0 Å². The predicted molar refractivity (Wildman–Crippen MR) is 46.4 cm³/mol. The molecule has 1 fully saturated rings. The van der Waals surface area contributed by atoms with Crippen LogP contribution in [-0.2, 0) is 4.84 Å². The highest BCUT2D eigenvalue weighted by Crippen LogP contribution is 2.40. The van der Waals surface area contributed by atoms with Crippen LogP contribution in [0.4, 0.5) is 0 Å². The molecule has 0 aromatic rings. The van der Waals surface area contributed by atoms with E-state index in [1.165, 1.54) is 0 Å². The molecule has 66 valence electrons. The van der Waals surface area contributed by atoms with Crippen molar-refractivity contribution in [3.8, 4) is 0 Å². The quantitative estimate of drug-likeness (QED) is 0.452. The summed E-state index contributed by atoms with van der Waals surface area (Å²) >= 11 is 6.06. The standard InChI is InChI=1S/C8H16ClNO/c1-7(2,3)10-6(11-10)8(4,5)9/h6H,1-5H3. The van der Waals surface area contributed by atoms with Gasteiger partial charge in [-0.3, -0.25) is 4.84 Å². The Labute approximate surface area is 73.4 Å². The lowest BCUT2D eigenvalue weighted by atomic mass is 10.1. The molecule has 1 aliphatic heterocycles. The SMILES string of the molecule is CC(C)(Cl)C1ON1C(C)(C)C. The van der Waals surface area contributed by atoms with Crippen LogP contribution in [0.1, 0.15) is 34.6 Å². The molecule has 11 heavy (non-hydrogen) atoms. The Morgan fingerprint density at radius 2 is 1.64 bits per heavy atom. The van der Waals surface area contributed by atoms with Crippen LogP contribution in [-0.4, -0.2) is 21.7 Å². The van der Waals surface area contributed by atoms with Crippen molar-refractivity contribution < 1.29 is 4.84 Å². The van der Waals surface area contributed by atoms with Crippen molar-refractivity contribution in [3.05, 3.63) is 0 Å². The van der Waals surface area contributed by atoms with E-state index in [1.807, 2.05) is 18.9 Å². The topological polar surface area (TPSA) is 15.5 Å². The molecule has 2 unspecified atom stereocenters. The lowest BCUT2D eigenvalue weighted by molar-refractivity contribution is 0.101. The molecular formula is C8H16ClNO. The van der Waals surface area contributed by atoms with E-state index in [0.717, 1.165) is 0 Å². The molecule has 1 rings (SSSR count). The summed E-state index contributed by atoms with van der Waals surface area (Å²) in [7, 11) is 0. The largest absolute Gasteiger partial charge is 0.273 e. The molecule has 1 saturated heterocycles. The van der Waals surface area contributed by atoms with Gasteiger partial charge in [-0.15, -0.1) is 16.7 Å². The number of alkyl halides is 1. The van der Waals surface area contributed by atoms with Crippen LogP contribution in [0, 0.1) is 0 Å². The highest BCUT2D eigenvalue weighted by Gasteiger charge is 2.52. The van der Waals surface area contributed by atoms with Crippen LogP contribution in [0.3, 0.4) is 0 Å². The van der Waals surface area contributed by atoms with E-state index in [1.54, 1.807) is 0 Å². The second-order valence-corrected chi connectivity index (χ2v) is 5.49. The van der Waals surface area contributed by atoms with Crippen LogP contribution in [0.25, 0.3) is 0 Å². The molecule has 0 N–H and O–H groups in total. The van der Waals surface area contributed by atoms with Gasteiger partial charge < -0.3 is 0 Å². The van der Waals surface area contributed by atoms with Gasteiger partial charge in [-0.2, -0.15) is 0 Å². The molecule has 3 heteroatoms. The Bertz CT molecular complexity index is 138. The number of hydrogen-bond donors (Lipinski definition) is 0. The second kappa shape index (κ2) is 2.35. The van der Waals surface area contributed by atoms with E-state index in [9.17, 15) is 0 Å². The maximum absolute atomic E-state index is 6.06. The minimum Gasteiger partial charge on any atom is -0.273 e. The van der Waals surface area contributed by atoms with Gasteiger partial charge in [-0.25, -0.2) is 0 Å². The third kappa shape index (κ3) is 2.08. The smallest absolute Gasteiger partial charge is 0.173 e. The van der Waals surface area contributed by atoms with Crippen LogP contribution in [0.5, 0.6) is 0 Å². The first-order valence-corrected chi connectivity index (χ1v) is 4.26. The lowest BCUT2D eigenvalue weighted by Gasteiger charge is -2.19. The zero-order valence-electron chi connectivity index (χ0n) is 7.81. The monoisotopic (exact) mass is 177 g/mol. The van der Waals surface area contributed by atoms with Crippen molar-refractivity contribution in [2.75, 3.05) is 0 Å².